The van der Waals surface area contributed by atoms with Crippen LogP contribution in [0.1, 0.15) is 11.6 Å². The average Bonchev–Trinajstić information content (AvgIpc) is 2.27. The van der Waals surface area contributed by atoms with Gasteiger partial charge in [-0.25, -0.2) is 13.6 Å². The maximum atomic E-state index is 13.7. The first-order chi connectivity index (χ1) is 8.31. The van der Waals surface area contributed by atoms with Crippen LogP contribution in [0.5, 0.6) is 0 Å². The summed E-state index contributed by atoms with van der Waals surface area (Å²) in [5.74, 6) is -3.30. The van der Waals surface area contributed by atoms with Crippen LogP contribution < -0.4 is 5.32 Å². The molecule has 0 saturated carbocycles. The highest BCUT2D eigenvalue weighted by atomic mass is 35.5. The van der Waals surface area contributed by atoms with Gasteiger partial charge >= 0.3 is 12.0 Å². The van der Waals surface area contributed by atoms with Crippen molar-refractivity contribution in [2.75, 3.05) is 6.61 Å². The van der Waals surface area contributed by atoms with Crippen molar-refractivity contribution in [2.24, 2.45) is 0 Å². The van der Waals surface area contributed by atoms with E-state index in [-0.39, 0.29) is 20.6 Å². The van der Waals surface area contributed by atoms with Crippen molar-refractivity contribution in [3.05, 3.63) is 32.8 Å². The number of halogens is 5. The first-order valence-corrected chi connectivity index (χ1v) is 5.90. The molecule has 1 aliphatic rings. The van der Waals surface area contributed by atoms with Gasteiger partial charge in [0.2, 0.25) is 0 Å². The fraction of sp³-hybridized carbons (Fsp3) is 0.300. The Kier molecular flexibility index (Phi) is 3.58. The number of alkyl carbamates (subject to hydrolysis) is 1. The van der Waals surface area contributed by atoms with Gasteiger partial charge in [-0.1, -0.05) is 34.8 Å². The highest BCUT2D eigenvalue weighted by Crippen LogP contribution is 2.41. The average molecular weight is 317 g/mol. The quantitative estimate of drug-likeness (QED) is 0.793. The maximum absolute atomic E-state index is 13.7. The van der Waals surface area contributed by atoms with Crippen LogP contribution in [0.15, 0.2) is 12.1 Å². The van der Waals surface area contributed by atoms with E-state index in [1.165, 1.54) is 12.1 Å². The summed E-state index contributed by atoms with van der Waals surface area (Å²) in [6.45, 7) is -1.02. The van der Waals surface area contributed by atoms with Crippen LogP contribution in [0.2, 0.25) is 15.1 Å². The van der Waals surface area contributed by atoms with E-state index in [9.17, 15) is 13.6 Å². The molecular weight excluding hydrogens is 310 g/mol. The molecule has 0 radical (unpaired) electrons. The summed E-state index contributed by atoms with van der Waals surface area (Å²) in [5, 5.41) is 2.12. The molecule has 1 atom stereocenters. The SMILES string of the molecule is O=C1N[C@H](c2cc(Cl)cc(Cl)c2Cl)C(F)(F)CO1. The fourth-order valence-corrected chi connectivity index (χ4v) is 2.33. The van der Waals surface area contributed by atoms with Crippen molar-refractivity contribution >= 4 is 40.9 Å². The number of nitrogens with one attached hydrogen (secondary N) is 1. The van der Waals surface area contributed by atoms with E-state index < -0.39 is 24.7 Å². The van der Waals surface area contributed by atoms with Gasteiger partial charge < -0.3 is 10.1 Å². The Labute approximate surface area is 116 Å². The highest BCUT2D eigenvalue weighted by Gasteiger charge is 2.47. The number of ether oxygens (including phenoxy) is 1. The van der Waals surface area contributed by atoms with Gasteiger partial charge in [-0.3, -0.25) is 0 Å². The van der Waals surface area contributed by atoms with Crippen LogP contribution in [0.4, 0.5) is 13.6 Å². The van der Waals surface area contributed by atoms with Gasteiger partial charge in [0.05, 0.1) is 10.0 Å². The van der Waals surface area contributed by atoms with Crippen molar-refractivity contribution in [2.45, 2.75) is 12.0 Å². The van der Waals surface area contributed by atoms with E-state index in [1.54, 1.807) is 0 Å². The molecule has 8 heteroatoms. The van der Waals surface area contributed by atoms with E-state index in [4.69, 9.17) is 34.8 Å². The molecule has 0 aliphatic carbocycles. The highest BCUT2D eigenvalue weighted by molar-refractivity contribution is 6.43. The molecule has 1 saturated heterocycles. The number of carbonyl (C=O) groups excluding carboxylic acids is 1. The summed E-state index contributed by atoms with van der Waals surface area (Å²) in [6, 6.07) is 0.941. The maximum Gasteiger partial charge on any atom is 0.408 e. The van der Waals surface area contributed by atoms with Gasteiger partial charge in [-0.05, 0) is 12.1 Å². The van der Waals surface area contributed by atoms with Gasteiger partial charge in [0, 0.05) is 10.6 Å². The summed E-state index contributed by atoms with van der Waals surface area (Å²) in [5.41, 5.74) is -0.0455. The van der Waals surface area contributed by atoms with Crippen LogP contribution in [0, 0.1) is 0 Å². The number of amides is 1. The van der Waals surface area contributed by atoms with Gasteiger partial charge in [-0.2, -0.15) is 0 Å². The third-order valence-electron chi connectivity index (χ3n) is 2.41. The van der Waals surface area contributed by atoms with Crippen LogP contribution in [0.25, 0.3) is 0 Å². The number of benzene rings is 1. The molecular formula is C10H6Cl3F2NO2. The van der Waals surface area contributed by atoms with E-state index in [0.29, 0.717) is 0 Å². The normalized spacial score (nSPS) is 22.3. The molecule has 2 rings (SSSR count). The van der Waals surface area contributed by atoms with Gasteiger partial charge in [-0.15, -0.1) is 0 Å². The molecule has 1 fully saturated rings. The standard InChI is InChI=1S/C10H6Cl3F2NO2/c11-4-1-5(7(13)6(12)2-4)8-10(14,15)3-18-9(17)16-8/h1-2,8H,3H2,(H,16,17)/t8-/m1/s1. The Morgan fingerprint density at radius 3 is 2.67 bits per heavy atom. The number of rotatable bonds is 1. The number of carbonyl (C=O) groups is 1. The predicted octanol–water partition coefficient (Wildman–Crippen LogP) is 4.06. The Morgan fingerprint density at radius 1 is 1.33 bits per heavy atom. The van der Waals surface area contributed by atoms with Gasteiger partial charge in [0.25, 0.3) is 0 Å². The molecule has 1 aliphatic heterocycles. The lowest BCUT2D eigenvalue weighted by atomic mass is 10.00. The zero-order chi connectivity index (χ0) is 13.5. The van der Waals surface area contributed by atoms with E-state index in [1.807, 2.05) is 5.32 Å². The molecule has 0 bridgehead atoms. The van der Waals surface area contributed by atoms with Crippen LogP contribution >= 0.6 is 34.8 Å². The van der Waals surface area contributed by atoms with Gasteiger partial charge in [0.1, 0.15) is 6.04 Å². The summed E-state index contributed by atoms with van der Waals surface area (Å²) >= 11 is 17.4. The molecule has 0 spiro atoms. The van der Waals surface area contributed by atoms with E-state index >= 15 is 0 Å². The lowest BCUT2D eigenvalue weighted by Crippen LogP contribution is -2.49. The number of hydrogen-bond donors (Lipinski definition) is 1. The zero-order valence-corrected chi connectivity index (χ0v) is 10.9. The van der Waals surface area contributed by atoms with Crippen molar-refractivity contribution in [1.29, 1.82) is 0 Å². The molecule has 18 heavy (non-hydrogen) atoms. The molecule has 0 aromatic heterocycles. The minimum atomic E-state index is -3.30. The lowest BCUT2D eigenvalue weighted by Gasteiger charge is -2.32. The van der Waals surface area contributed by atoms with Crippen molar-refractivity contribution < 1.29 is 18.3 Å². The van der Waals surface area contributed by atoms with Gasteiger partial charge in [0.15, 0.2) is 6.61 Å². The van der Waals surface area contributed by atoms with E-state index in [0.717, 1.165) is 0 Å². The Hall–Kier alpha value is -0.780. The third-order valence-corrected chi connectivity index (χ3v) is 3.45. The third kappa shape index (κ3) is 2.48. The van der Waals surface area contributed by atoms with E-state index in [2.05, 4.69) is 4.74 Å². The molecule has 1 N–H and O–H groups in total. The molecule has 3 nitrogen and oxygen atoms in total. The summed E-state index contributed by atoms with van der Waals surface area (Å²) < 4.78 is 31.6. The molecule has 1 amide bonds. The van der Waals surface area contributed by atoms with Crippen LogP contribution in [0.3, 0.4) is 0 Å². The number of hydrogen-bond acceptors (Lipinski definition) is 2. The van der Waals surface area contributed by atoms with Crippen LogP contribution in [-0.2, 0) is 4.74 Å². The molecule has 1 heterocycles. The zero-order valence-electron chi connectivity index (χ0n) is 8.65. The summed E-state index contributed by atoms with van der Waals surface area (Å²) in [4.78, 5) is 11.0. The molecule has 1 aromatic rings. The van der Waals surface area contributed by atoms with Crippen molar-refractivity contribution in [3.63, 3.8) is 0 Å². The molecule has 98 valence electrons. The number of cyclic esters (lactones) is 1. The Morgan fingerprint density at radius 2 is 2.00 bits per heavy atom. The second-order valence-corrected chi connectivity index (χ2v) is 4.93. The monoisotopic (exact) mass is 315 g/mol. The molecule has 0 unspecified atom stereocenters. The Bertz CT molecular complexity index is 510. The summed E-state index contributed by atoms with van der Waals surface area (Å²) in [7, 11) is 0. The second kappa shape index (κ2) is 4.72. The lowest BCUT2D eigenvalue weighted by molar-refractivity contribution is -0.104. The largest absolute Gasteiger partial charge is 0.443 e. The fourth-order valence-electron chi connectivity index (χ4n) is 1.60. The predicted molar refractivity (Wildman–Crippen MR) is 63.6 cm³/mol. The molecule has 1 aromatic carbocycles. The summed E-state index contributed by atoms with van der Waals surface area (Å²) in [6.07, 6.45) is -0.946. The topological polar surface area (TPSA) is 38.3 Å². The minimum absolute atomic E-state index is 0.0377. The number of alkyl halides is 2. The van der Waals surface area contributed by atoms with Crippen LogP contribution in [-0.4, -0.2) is 18.6 Å². The second-order valence-electron chi connectivity index (χ2n) is 3.71. The smallest absolute Gasteiger partial charge is 0.408 e. The minimum Gasteiger partial charge on any atom is -0.443 e. The van der Waals surface area contributed by atoms with Crippen molar-refractivity contribution in [3.8, 4) is 0 Å². The Balaban J connectivity index is 2.49. The van der Waals surface area contributed by atoms with Crippen molar-refractivity contribution in [1.82, 2.24) is 5.32 Å². The first kappa shape index (κ1) is 13.6. The first-order valence-electron chi connectivity index (χ1n) is 4.77.